The van der Waals surface area contributed by atoms with Gasteiger partial charge in [-0.25, -0.2) is 9.97 Å². The maximum atomic E-state index is 5.27. The fourth-order valence-electron chi connectivity index (χ4n) is 9.29. The molecule has 10 aromatic carbocycles. The molecule has 2 aromatic heterocycles. The van der Waals surface area contributed by atoms with Gasteiger partial charge in [0.05, 0.1) is 11.4 Å². The van der Waals surface area contributed by atoms with Gasteiger partial charge >= 0.3 is 0 Å². The van der Waals surface area contributed by atoms with Gasteiger partial charge in [0.1, 0.15) is 0 Å². The molecule has 0 amide bonds. The maximum Gasteiger partial charge on any atom is 0.160 e. The highest BCUT2D eigenvalue weighted by atomic mass is 14.9. The summed E-state index contributed by atoms with van der Waals surface area (Å²) in [5, 5.41) is 19.5. The van der Waals surface area contributed by atoms with E-state index in [9.17, 15) is 0 Å². The van der Waals surface area contributed by atoms with Crippen LogP contribution in [0.5, 0.6) is 0 Å². The first kappa shape index (κ1) is 32.5. The standard InChI is InChI=1S/C55H33N3/c1-2-12-34(13-3-1)50-32-51(39-16-11-29-56-33-39)58-55(57-50)38-26-27-45-43-20-7-5-18-41(43)40-17-4-6-19-42(40)44-21-8-9-22-46(44)54-47-28-25-36-15-10-14-35-23-24-37(53(47)52(35)36)30-49(54)48(45)31-38/h1-33H. The van der Waals surface area contributed by atoms with E-state index in [-0.39, 0.29) is 0 Å². The third kappa shape index (κ3) is 5.04. The lowest BCUT2D eigenvalue weighted by atomic mass is 9.87. The highest BCUT2D eigenvalue weighted by Gasteiger charge is 2.17. The zero-order valence-corrected chi connectivity index (χ0v) is 31.4. The molecule has 12 aromatic rings. The first-order valence-electron chi connectivity index (χ1n) is 19.8. The van der Waals surface area contributed by atoms with Crippen LogP contribution in [0.3, 0.4) is 0 Å². The van der Waals surface area contributed by atoms with Crippen LogP contribution >= 0.6 is 0 Å². The second-order valence-corrected chi connectivity index (χ2v) is 15.1. The molecule has 58 heavy (non-hydrogen) atoms. The summed E-state index contributed by atoms with van der Waals surface area (Å²) in [6, 6.07) is 68.2. The summed E-state index contributed by atoms with van der Waals surface area (Å²) in [7, 11) is 0. The minimum absolute atomic E-state index is 0.665. The van der Waals surface area contributed by atoms with Gasteiger partial charge in [-0.2, -0.15) is 0 Å². The first-order chi connectivity index (χ1) is 28.8. The minimum atomic E-state index is 0.665. The lowest BCUT2D eigenvalue weighted by Crippen LogP contribution is -1.96. The predicted octanol–water partition coefficient (Wildman–Crippen LogP) is 14.7. The van der Waals surface area contributed by atoms with Gasteiger partial charge in [0.25, 0.3) is 0 Å². The number of rotatable bonds is 3. The average molecular weight is 736 g/mol. The Morgan fingerprint density at radius 1 is 0.276 bits per heavy atom. The molecule has 3 heteroatoms. The summed E-state index contributed by atoms with van der Waals surface area (Å²) < 4.78 is 0. The predicted molar refractivity (Wildman–Crippen MR) is 245 cm³/mol. The number of benzene rings is 9. The smallest absolute Gasteiger partial charge is 0.160 e. The molecule has 0 saturated carbocycles. The van der Waals surface area contributed by atoms with E-state index in [1.165, 1.54) is 75.4 Å². The number of hydrogen-bond acceptors (Lipinski definition) is 3. The highest BCUT2D eigenvalue weighted by molar-refractivity contribution is 6.36. The Morgan fingerprint density at radius 2 is 0.828 bits per heavy atom. The Labute approximate surface area is 334 Å². The van der Waals surface area contributed by atoms with Crippen molar-refractivity contribution in [2.45, 2.75) is 0 Å². The normalized spacial score (nSPS) is 11.8. The molecule has 0 aliphatic heterocycles. The zero-order valence-electron chi connectivity index (χ0n) is 31.4. The Bertz CT molecular complexity index is 3600. The molecule has 12 rings (SSSR count). The van der Waals surface area contributed by atoms with E-state index in [4.69, 9.17) is 9.97 Å². The van der Waals surface area contributed by atoms with Crippen molar-refractivity contribution in [1.29, 1.82) is 0 Å². The van der Waals surface area contributed by atoms with E-state index in [1.54, 1.807) is 6.20 Å². The molecule has 0 spiro atoms. The van der Waals surface area contributed by atoms with Crippen molar-refractivity contribution in [1.82, 2.24) is 15.0 Å². The van der Waals surface area contributed by atoms with E-state index in [1.807, 2.05) is 18.3 Å². The fourth-order valence-corrected chi connectivity index (χ4v) is 9.29. The largest absolute Gasteiger partial charge is 0.264 e. The molecule has 0 aliphatic rings. The van der Waals surface area contributed by atoms with Gasteiger partial charge in [0.2, 0.25) is 0 Å². The van der Waals surface area contributed by atoms with Crippen molar-refractivity contribution >= 4 is 86.2 Å². The third-order valence-corrected chi connectivity index (χ3v) is 11.9. The second kappa shape index (κ2) is 12.9. The van der Waals surface area contributed by atoms with Crippen LogP contribution in [0.15, 0.2) is 200 Å². The topological polar surface area (TPSA) is 38.7 Å². The molecule has 0 saturated heterocycles. The van der Waals surface area contributed by atoms with E-state index in [0.29, 0.717) is 5.82 Å². The van der Waals surface area contributed by atoms with Gasteiger partial charge < -0.3 is 0 Å². The summed E-state index contributed by atoms with van der Waals surface area (Å²) in [4.78, 5) is 15.0. The summed E-state index contributed by atoms with van der Waals surface area (Å²) in [6.07, 6.45) is 3.67. The van der Waals surface area contributed by atoms with Crippen molar-refractivity contribution in [3.63, 3.8) is 0 Å². The molecule has 0 fully saturated rings. The molecule has 268 valence electrons. The number of aromatic nitrogens is 3. The Kier molecular flexibility index (Phi) is 7.23. The molecule has 0 N–H and O–H groups in total. The molecule has 3 nitrogen and oxygen atoms in total. The Balaban J connectivity index is 1.32. The van der Waals surface area contributed by atoms with Crippen molar-refractivity contribution in [3.05, 3.63) is 200 Å². The fraction of sp³-hybridized carbons (Fsp3) is 0. The monoisotopic (exact) mass is 735 g/mol. The van der Waals surface area contributed by atoms with E-state index >= 15 is 0 Å². The molecule has 2 heterocycles. The van der Waals surface area contributed by atoms with Crippen LogP contribution in [-0.2, 0) is 0 Å². The van der Waals surface area contributed by atoms with Gasteiger partial charge in [-0.05, 0) is 117 Å². The van der Waals surface area contributed by atoms with Crippen molar-refractivity contribution in [3.8, 4) is 33.9 Å². The lowest BCUT2D eigenvalue weighted by Gasteiger charge is -2.16. The molecule has 0 radical (unpaired) electrons. The summed E-state index contributed by atoms with van der Waals surface area (Å²) >= 11 is 0. The summed E-state index contributed by atoms with van der Waals surface area (Å²) in [5.74, 6) is 0.665. The molecular weight excluding hydrogens is 703 g/mol. The lowest BCUT2D eigenvalue weighted by molar-refractivity contribution is 1.18. The van der Waals surface area contributed by atoms with Gasteiger partial charge in [-0.15, -0.1) is 0 Å². The average Bonchev–Trinajstić information content (AvgIpc) is 3.30. The number of fused-ring (bicyclic) bond motifs is 11. The zero-order chi connectivity index (χ0) is 38.2. The van der Waals surface area contributed by atoms with Crippen LogP contribution in [-0.4, -0.2) is 15.0 Å². The van der Waals surface area contributed by atoms with Gasteiger partial charge in [-0.1, -0.05) is 158 Å². The molecular formula is C55H33N3. The maximum absolute atomic E-state index is 5.27. The number of hydrogen-bond donors (Lipinski definition) is 0. The first-order valence-corrected chi connectivity index (χ1v) is 19.8. The van der Waals surface area contributed by atoms with Crippen molar-refractivity contribution < 1.29 is 0 Å². The molecule has 0 aliphatic carbocycles. The van der Waals surface area contributed by atoms with Crippen LogP contribution in [0, 0.1) is 0 Å². The Hall–Kier alpha value is -7.75. The van der Waals surface area contributed by atoms with Crippen LogP contribution in [0.2, 0.25) is 0 Å². The molecule has 0 atom stereocenters. The van der Waals surface area contributed by atoms with Crippen molar-refractivity contribution in [2.75, 3.05) is 0 Å². The second-order valence-electron chi connectivity index (χ2n) is 15.1. The minimum Gasteiger partial charge on any atom is -0.264 e. The SMILES string of the molecule is c1ccc(-c2cc(-c3cccnc3)nc(-c3ccc4c5ccccc5c5ccccc5c5ccccc5c5c(cc6ccc7cccc8ccc5c6c78)c4c3)n2)cc1. The summed E-state index contributed by atoms with van der Waals surface area (Å²) in [6.45, 7) is 0. The van der Waals surface area contributed by atoms with Gasteiger partial charge in [-0.3, -0.25) is 4.98 Å². The number of nitrogens with zero attached hydrogens (tertiary/aromatic N) is 3. The highest BCUT2D eigenvalue weighted by Crippen LogP contribution is 2.44. The van der Waals surface area contributed by atoms with Crippen LogP contribution in [0.25, 0.3) is 120 Å². The third-order valence-electron chi connectivity index (χ3n) is 11.9. The molecule has 0 bridgehead atoms. The van der Waals surface area contributed by atoms with E-state index in [0.717, 1.165) is 38.9 Å². The van der Waals surface area contributed by atoms with Gasteiger partial charge in [0, 0.05) is 29.1 Å². The molecule has 0 unspecified atom stereocenters. The van der Waals surface area contributed by atoms with Crippen LogP contribution < -0.4 is 0 Å². The number of pyridine rings is 1. The Morgan fingerprint density at radius 3 is 1.50 bits per heavy atom. The summed E-state index contributed by atoms with van der Waals surface area (Å²) in [5.41, 5.74) is 4.62. The quantitative estimate of drug-likeness (QED) is 0.170. The van der Waals surface area contributed by atoms with E-state index < -0.39 is 0 Å². The van der Waals surface area contributed by atoms with E-state index in [2.05, 4.69) is 181 Å². The van der Waals surface area contributed by atoms with Crippen LogP contribution in [0.1, 0.15) is 0 Å². The van der Waals surface area contributed by atoms with Gasteiger partial charge in [0.15, 0.2) is 5.82 Å². The van der Waals surface area contributed by atoms with Crippen LogP contribution in [0.4, 0.5) is 0 Å². The van der Waals surface area contributed by atoms with Crippen molar-refractivity contribution in [2.24, 2.45) is 0 Å².